The number of aromatic amines is 1. The molecular weight excluding hydrogens is 357 g/mol. The molecule has 2 aromatic carbocycles. The van der Waals surface area contributed by atoms with Crippen LogP contribution in [0.3, 0.4) is 0 Å². The molecule has 0 aliphatic rings. The van der Waals surface area contributed by atoms with Gasteiger partial charge in [-0.15, -0.1) is 0 Å². The molecule has 142 valence electrons. The van der Waals surface area contributed by atoms with E-state index in [-0.39, 0.29) is 17.1 Å². The summed E-state index contributed by atoms with van der Waals surface area (Å²) in [6, 6.07) is 13.3. The first-order valence-electron chi connectivity index (χ1n) is 8.93. The summed E-state index contributed by atoms with van der Waals surface area (Å²) < 4.78 is 15.0. The van der Waals surface area contributed by atoms with Crippen molar-refractivity contribution in [3.8, 4) is 5.69 Å². The van der Waals surface area contributed by atoms with E-state index in [0.717, 1.165) is 11.1 Å². The number of halogens is 1. The maximum atomic E-state index is 13.3. The van der Waals surface area contributed by atoms with Crippen molar-refractivity contribution in [3.63, 3.8) is 0 Å². The highest BCUT2D eigenvalue weighted by Crippen LogP contribution is 2.27. The van der Waals surface area contributed by atoms with Crippen molar-refractivity contribution in [2.75, 3.05) is 5.32 Å². The predicted molar refractivity (Wildman–Crippen MR) is 106 cm³/mol. The minimum Gasteiger partial charge on any atom is -0.306 e. The number of aromatic nitrogens is 4. The van der Waals surface area contributed by atoms with Gasteiger partial charge in [0, 0.05) is 16.9 Å². The van der Waals surface area contributed by atoms with Gasteiger partial charge in [-0.2, -0.15) is 10.2 Å². The molecule has 2 N–H and O–H groups in total. The number of fused-ring (bicyclic) bond motifs is 1. The van der Waals surface area contributed by atoms with Gasteiger partial charge in [0.15, 0.2) is 0 Å². The van der Waals surface area contributed by atoms with Crippen LogP contribution in [0.5, 0.6) is 0 Å². The van der Waals surface area contributed by atoms with Crippen molar-refractivity contribution in [2.24, 2.45) is 0 Å². The number of nitrogens with one attached hydrogen (secondary N) is 2. The second kappa shape index (κ2) is 6.60. The number of carbonyl (C=O) groups is 1. The molecule has 1 amide bonds. The largest absolute Gasteiger partial charge is 0.306 e. The quantitative estimate of drug-likeness (QED) is 0.554. The lowest BCUT2D eigenvalue weighted by molar-refractivity contribution is 0.102. The molecule has 2 aromatic heterocycles. The molecule has 0 unspecified atom stereocenters. The third kappa shape index (κ3) is 3.26. The second-order valence-corrected chi connectivity index (χ2v) is 7.65. The fourth-order valence-corrected chi connectivity index (χ4v) is 2.96. The van der Waals surface area contributed by atoms with Crippen LogP contribution in [0.1, 0.15) is 36.8 Å². The Morgan fingerprint density at radius 2 is 1.89 bits per heavy atom. The number of hydrogen-bond donors (Lipinski definition) is 2. The van der Waals surface area contributed by atoms with E-state index in [1.54, 1.807) is 29.1 Å². The SMILES string of the molecule is CC(C)(C)c1cc(NC(=O)c2cccc3cn[nH]c23)n(-c2ccc(F)cc2)n1. The van der Waals surface area contributed by atoms with Gasteiger partial charge in [-0.1, -0.05) is 32.9 Å². The van der Waals surface area contributed by atoms with E-state index in [2.05, 4.69) is 20.6 Å². The first-order chi connectivity index (χ1) is 13.3. The second-order valence-electron chi connectivity index (χ2n) is 7.65. The molecule has 0 fully saturated rings. The van der Waals surface area contributed by atoms with Gasteiger partial charge in [-0.05, 0) is 30.3 Å². The summed E-state index contributed by atoms with van der Waals surface area (Å²) in [5.41, 5.74) is 2.41. The molecule has 0 radical (unpaired) electrons. The number of rotatable bonds is 3. The molecule has 28 heavy (non-hydrogen) atoms. The van der Waals surface area contributed by atoms with Gasteiger partial charge in [0.25, 0.3) is 5.91 Å². The maximum Gasteiger partial charge on any atom is 0.259 e. The minimum atomic E-state index is -0.330. The third-order valence-electron chi connectivity index (χ3n) is 4.51. The Balaban J connectivity index is 1.76. The lowest BCUT2D eigenvalue weighted by Crippen LogP contribution is -2.15. The average molecular weight is 377 g/mol. The van der Waals surface area contributed by atoms with Gasteiger partial charge < -0.3 is 5.32 Å². The minimum absolute atomic E-state index is 0.214. The molecule has 6 nitrogen and oxygen atoms in total. The van der Waals surface area contributed by atoms with Gasteiger partial charge in [0.2, 0.25) is 0 Å². The lowest BCUT2D eigenvalue weighted by atomic mass is 9.92. The van der Waals surface area contributed by atoms with Crippen LogP contribution in [0, 0.1) is 5.82 Å². The summed E-state index contributed by atoms with van der Waals surface area (Å²) in [5, 5.41) is 15.3. The van der Waals surface area contributed by atoms with Crippen LogP contribution in [0.2, 0.25) is 0 Å². The number of amides is 1. The maximum absolute atomic E-state index is 13.3. The van der Waals surface area contributed by atoms with Crippen LogP contribution in [-0.4, -0.2) is 25.9 Å². The molecule has 0 spiro atoms. The van der Waals surface area contributed by atoms with E-state index in [4.69, 9.17) is 0 Å². The van der Waals surface area contributed by atoms with Gasteiger partial charge in [0.1, 0.15) is 11.6 Å². The highest BCUT2D eigenvalue weighted by molar-refractivity contribution is 6.11. The molecule has 7 heteroatoms. The summed E-state index contributed by atoms with van der Waals surface area (Å²) in [6.45, 7) is 6.13. The van der Waals surface area contributed by atoms with Crippen molar-refractivity contribution in [1.82, 2.24) is 20.0 Å². The van der Waals surface area contributed by atoms with Crippen LogP contribution >= 0.6 is 0 Å². The fourth-order valence-electron chi connectivity index (χ4n) is 2.96. The number of anilines is 1. The molecule has 0 bridgehead atoms. The van der Waals surface area contributed by atoms with Crippen molar-refractivity contribution < 1.29 is 9.18 Å². The average Bonchev–Trinajstić information content (AvgIpc) is 3.28. The van der Waals surface area contributed by atoms with E-state index >= 15 is 0 Å². The Labute approximate surface area is 161 Å². The Morgan fingerprint density at radius 3 is 2.61 bits per heavy atom. The number of para-hydroxylation sites is 1. The molecule has 4 aromatic rings. The van der Waals surface area contributed by atoms with Crippen LogP contribution in [0.4, 0.5) is 10.2 Å². The summed E-state index contributed by atoms with van der Waals surface area (Å²) >= 11 is 0. The molecule has 0 atom stereocenters. The first kappa shape index (κ1) is 17.9. The zero-order valence-corrected chi connectivity index (χ0v) is 15.8. The van der Waals surface area contributed by atoms with Gasteiger partial charge in [0.05, 0.1) is 28.7 Å². The van der Waals surface area contributed by atoms with Crippen LogP contribution in [0.25, 0.3) is 16.6 Å². The van der Waals surface area contributed by atoms with Crippen LogP contribution < -0.4 is 5.32 Å². The van der Waals surface area contributed by atoms with Gasteiger partial charge in [-0.3, -0.25) is 9.89 Å². The van der Waals surface area contributed by atoms with E-state index in [1.807, 2.05) is 39.0 Å². The number of carbonyl (C=O) groups excluding carboxylic acids is 1. The van der Waals surface area contributed by atoms with Crippen LogP contribution in [0.15, 0.2) is 54.7 Å². The summed E-state index contributed by atoms with van der Waals surface area (Å²) in [5.74, 6) is -0.0971. The van der Waals surface area contributed by atoms with Gasteiger partial charge >= 0.3 is 0 Å². The molecule has 0 saturated heterocycles. The molecule has 0 saturated carbocycles. The van der Waals surface area contributed by atoms with Crippen molar-refractivity contribution in [2.45, 2.75) is 26.2 Å². The standard InChI is InChI=1S/C21H20FN5O/c1-21(2,3)17-11-18(27(26-17)15-9-7-14(22)8-10-15)24-20(28)16-6-4-5-13-12-23-25-19(13)16/h4-12H,1-3H3,(H,23,25)(H,24,28). The molecular formula is C21H20FN5O. The van der Waals surface area contributed by atoms with Crippen molar-refractivity contribution in [3.05, 3.63) is 71.8 Å². The molecule has 0 aliphatic heterocycles. The number of hydrogen-bond acceptors (Lipinski definition) is 3. The molecule has 0 aliphatic carbocycles. The number of nitrogens with zero attached hydrogens (tertiary/aromatic N) is 3. The predicted octanol–water partition coefficient (Wildman–Crippen LogP) is 4.44. The zero-order valence-electron chi connectivity index (χ0n) is 15.8. The summed E-state index contributed by atoms with van der Waals surface area (Å²) in [6.07, 6.45) is 1.67. The molecule has 4 rings (SSSR count). The van der Waals surface area contributed by atoms with E-state index in [0.29, 0.717) is 22.6 Å². The fraction of sp³-hybridized carbons (Fsp3) is 0.190. The molecule has 2 heterocycles. The first-order valence-corrected chi connectivity index (χ1v) is 8.93. The van der Waals surface area contributed by atoms with E-state index in [9.17, 15) is 9.18 Å². The Bertz CT molecular complexity index is 1150. The summed E-state index contributed by atoms with van der Waals surface area (Å²) in [7, 11) is 0. The van der Waals surface area contributed by atoms with E-state index < -0.39 is 0 Å². The highest BCUT2D eigenvalue weighted by atomic mass is 19.1. The summed E-state index contributed by atoms with van der Waals surface area (Å²) in [4.78, 5) is 13.0. The topological polar surface area (TPSA) is 75.6 Å². The normalized spacial score (nSPS) is 11.7. The smallest absolute Gasteiger partial charge is 0.259 e. The highest BCUT2D eigenvalue weighted by Gasteiger charge is 2.22. The van der Waals surface area contributed by atoms with Crippen molar-refractivity contribution >= 4 is 22.6 Å². The Kier molecular flexibility index (Phi) is 4.22. The van der Waals surface area contributed by atoms with E-state index in [1.165, 1.54) is 12.1 Å². The Morgan fingerprint density at radius 1 is 1.14 bits per heavy atom. The third-order valence-corrected chi connectivity index (χ3v) is 4.51. The monoisotopic (exact) mass is 377 g/mol. The van der Waals surface area contributed by atoms with Crippen LogP contribution in [-0.2, 0) is 5.41 Å². The lowest BCUT2D eigenvalue weighted by Gasteiger charge is -2.14. The van der Waals surface area contributed by atoms with Crippen molar-refractivity contribution in [1.29, 1.82) is 0 Å². The number of H-pyrrole nitrogens is 1. The Hall–Kier alpha value is -3.48. The van der Waals surface area contributed by atoms with Gasteiger partial charge in [-0.25, -0.2) is 9.07 Å². The zero-order chi connectivity index (χ0) is 19.9. The number of benzene rings is 2.